The molecule has 0 saturated heterocycles. The summed E-state index contributed by atoms with van der Waals surface area (Å²) in [6.45, 7) is 0.713. The van der Waals surface area contributed by atoms with Crippen LogP contribution < -0.4 is 5.32 Å². The van der Waals surface area contributed by atoms with Gasteiger partial charge in [-0.05, 0) is 30.5 Å². The molecular formula is C14H20N2O2. The number of rotatable bonds is 5. The van der Waals surface area contributed by atoms with E-state index in [4.69, 9.17) is 4.74 Å². The first-order valence-electron chi connectivity index (χ1n) is 6.62. The van der Waals surface area contributed by atoms with Crippen LogP contribution in [0, 0.1) is 0 Å². The first-order chi connectivity index (χ1) is 8.84. The van der Waals surface area contributed by atoms with Crippen molar-refractivity contribution in [3.63, 3.8) is 0 Å². The molecule has 1 aromatic rings. The smallest absolute Gasteiger partial charge is 0.246 e. The molecular weight excluding hydrogens is 228 g/mol. The van der Waals surface area contributed by atoms with Crippen LogP contribution in [0.2, 0.25) is 0 Å². The Morgan fingerprint density at radius 3 is 2.72 bits per heavy atom. The third-order valence-electron chi connectivity index (χ3n) is 3.24. The Morgan fingerprint density at radius 2 is 2.00 bits per heavy atom. The number of carbonyl (C=O) groups is 1. The summed E-state index contributed by atoms with van der Waals surface area (Å²) >= 11 is 0. The molecule has 0 aliphatic heterocycles. The van der Waals surface area contributed by atoms with Gasteiger partial charge in [-0.1, -0.05) is 19.3 Å². The Balaban J connectivity index is 1.63. The van der Waals surface area contributed by atoms with Crippen molar-refractivity contribution in [3.05, 3.63) is 30.1 Å². The minimum atomic E-state index is -0.0441. The molecule has 0 radical (unpaired) electrons. The molecule has 0 atom stereocenters. The van der Waals surface area contributed by atoms with E-state index in [9.17, 15) is 4.79 Å². The van der Waals surface area contributed by atoms with Gasteiger partial charge in [0.2, 0.25) is 5.91 Å². The van der Waals surface area contributed by atoms with E-state index in [0.717, 1.165) is 18.4 Å². The SMILES string of the molecule is O=C(COC1CCCCC1)NCc1ccncc1. The highest BCUT2D eigenvalue weighted by molar-refractivity contribution is 5.77. The summed E-state index contributed by atoms with van der Waals surface area (Å²) < 4.78 is 5.61. The highest BCUT2D eigenvalue weighted by Crippen LogP contribution is 2.19. The van der Waals surface area contributed by atoms with Crippen LogP contribution in [0.4, 0.5) is 0 Å². The lowest BCUT2D eigenvalue weighted by atomic mass is 9.98. The summed E-state index contributed by atoms with van der Waals surface area (Å²) in [6.07, 6.45) is 9.67. The topological polar surface area (TPSA) is 51.2 Å². The van der Waals surface area contributed by atoms with Crippen molar-refractivity contribution in [1.82, 2.24) is 10.3 Å². The normalized spacial score (nSPS) is 16.4. The highest BCUT2D eigenvalue weighted by atomic mass is 16.5. The molecule has 4 nitrogen and oxygen atoms in total. The summed E-state index contributed by atoms with van der Waals surface area (Å²) in [5.41, 5.74) is 1.05. The third kappa shape index (κ3) is 4.45. The van der Waals surface area contributed by atoms with Gasteiger partial charge in [0.25, 0.3) is 0 Å². The fourth-order valence-corrected chi connectivity index (χ4v) is 2.18. The summed E-state index contributed by atoms with van der Waals surface area (Å²) in [5, 5.41) is 2.85. The van der Waals surface area contributed by atoms with E-state index >= 15 is 0 Å². The molecule has 1 saturated carbocycles. The van der Waals surface area contributed by atoms with Gasteiger partial charge in [0.1, 0.15) is 6.61 Å². The second-order valence-electron chi connectivity index (χ2n) is 4.70. The van der Waals surface area contributed by atoms with Gasteiger partial charge in [-0.3, -0.25) is 9.78 Å². The summed E-state index contributed by atoms with van der Waals surface area (Å²) in [7, 11) is 0. The van der Waals surface area contributed by atoms with Crippen molar-refractivity contribution < 1.29 is 9.53 Å². The average molecular weight is 248 g/mol. The van der Waals surface area contributed by atoms with E-state index in [1.807, 2.05) is 12.1 Å². The number of nitrogens with zero attached hydrogens (tertiary/aromatic N) is 1. The molecule has 1 amide bonds. The zero-order valence-corrected chi connectivity index (χ0v) is 10.6. The van der Waals surface area contributed by atoms with E-state index in [-0.39, 0.29) is 18.6 Å². The maximum absolute atomic E-state index is 11.6. The molecule has 18 heavy (non-hydrogen) atoms. The van der Waals surface area contributed by atoms with Gasteiger partial charge in [0, 0.05) is 18.9 Å². The molecule has 1 N–H and O–H groups in total. The maximum atomic E-state index is 11.6. The van der Waals surface area contributed by atoms with Gasteiger partial charge < -0.3 is 10.1 Å². The lowest BCUT2D eigenvalue weighted by Crippen LogP contribution is -2.30. The first-order valence-corrected chi connectivity index (χ1v) is 6.62. The molecule has 1 heterocycles. The molecule has 0 bridgehead atoms. The number of pyridine rings is 1. The molecule has 1 aliphatic carbocycles. The number of amides is 1. The number of hydrogen-bond donors (Lipinski definition) is 1. The maximum Gasteiger partial charge on any atom is 0.246 e. The Morgan fingerprint density at radius 1 is 1.28 bits per heavy atom. The van der Waals surface area contributed by atoms with Gasteiger partial charge in [-0.25, -0.2) is 0 Å². The van der Waals surface area contributed by atoms with Crippen LogP contribution in [-0.2, 0) is 16.1 Å². The molecule has 1 aliphatic rings. The highest BCUT2D eigenvalue weighted by Gasteiger charge is 2.14. The van der Waals surface area contributed by atoms with Crippen molar-refractivity contribution in [3.8, 4) is 0 Å². The second-order valence-corrected chi connectivity index (χ2v) is 4.70. The van der Waals surface area contributed by atoms with Gasteiger partial charge in [0.05, 0.1) is 6.10 Å². The third-order valence-corrected chi connectivity index (χ3v) is 3.24. The molecule has 2 rings (SSSR count). The molecule has 1 fully saturated rings. The fraction of sp³-hybridized carbons (Fsp3) is 0.571. The minimum absolute atomic E-state index is 0.0441. The molecule has 1 aromatic heterocycles. The van der Waals surface area contributed by atoms with E-state index in [1.165, 1.54) is 19.3 Å². The zero-order chi connectivity index (χ0) is 12.6. The van der Waals surface area contributed by atoms with Gasteiger partial charge in [-0.2, -0.15) is 0 Å². The predicted molar refractivity (Wildman–Crippen MR) is 68.9 cm³/mol. The van der Waals surface area contributed by atoms with Crippen LogP contribution in [0.3, 0.4) is 0 Å². The van der Waals surface area contributed by atoms with Crippen LogP contribution in [0.1, 0.15) is 37.7 Å². The van der Waals surface area contributed by atoms with Crippen LogP contribution in [0.25, 0.3) is 0 Å². The lowest BCUT2D eigenvalue weighted by molar-refractivity contribution is -0.128. The molecule has 0 spiro atoms. The molecule has 4 heteroatoms. The summed E-state index contributed by atoms with van der Waals surface area (Å²) in [4.78, 5) is 15.5. The number of hydrogen-bond acceptors (Lipinski definition) is 3. The van der Waals surface area contributed by atoms with Crippen molar-refractivity contribution in [2.24, 2.45) is 0 Å². The first kappa shape index (κ1) is 13.0. The van der Waals surface area contributed by atoms with Gasteiger partial charge in [-0.15, -0.1) is 0 Å². The monoisotopic (exact) mass is 248 g/mol. The Labute approximate surface area is 108 Å². The number of aromatic nitrogens is 1. The number of ether oxygens (including phenoxy) is 1. The van der Waals surface area contributed by atoms with Crippen LogP contribution in [0.15, 0.2) is 24.5 Å². The Kier molecular flexibility index (Phi) is 5.15. The lowest BCUT2D eigenvalue weighted by Gasteiger charge is -2.21. The van der Waals surface area contributed by atoms with E-state index < -0.39 is 0 Å². The van der Waals surface area contributed by atoms with Crippen LogP contribution in [0.5, 0.6) is 0 Å². The van der Waals surface area contributed by atoms with Crippen LogP contribution in [-0.4, -0.2) is 23.6 Å². The van der Waals surface area contributed by atoms with E-state index in [1.54, 1.807) is 12.4 Å². The average Bonchev–Trinajstić information content (AvgIpc) is 2.45. The van der Waals surface area contributed by atoms with E-state index in [0.29, 0.717) is 6.54 Å². The van der Waals surface area contributed by atoms with Crippen molar-refractivity contribution in [2.45, 2.75) is 44.8 Å². The Hall–Kier alpha value is -1.42. The largest absolute Gasteiger partial charge is 0.368 e. The minimum Gasteiger partial charge on any atom is -0.368 e. The molecule has 0 aromatic carbocycles. The number of carbonyl (C=O) groups excluding carboxylic acids is 1. The zero-order valence-electron chi connectivity index (χ0n) is 10.6. The van der Waals surface area contributed by atoms with Crippen molar-refractivity contribution in [2.75, 3.05) is 6.61 Å². The standard InChI is InChI=1S/C14H20N2O2/c17-14(11-18-13-4-2-1-3-5-13)16-10-12-6-8-15-9-7-12/h6-9,13H,1-5,10-11H2,(H,16,17). The van der Waals surface area contributed by atoms with Gasteiger partial charge >= 0.3 is 0 Å². The summed E-state index contributed by atoms with van der Waals surface area (Å²) in [5.74, 6) is -0.0441. The Bertz CT molecular complexity index is 361. The molecule has 0 unspecified atom stereocenters. The second kappa shape index (κ2) is 7.11. The summed E-state index contributed by atoms with van der Waals surface area (Å²) in [6, 6.07) is 3.78. The van der Waals surface area contributed by atoms with Gasteiger partial charge in [0.15, 0.2) is 0 Å². The predicted octanol–water partition coefficient (Wildman–Crippen LogP) is 2.05. The van der Waals surface area contributed by atoms with Crippen molar-refractivity contribution >= 4 is 5.91 Å². The van der Waals surface area contributed by atoms with Crippen LogP contribution >= 0.6 is 0 Å². The van der Waals surface area contributed by atoms with Crippen molar-refractivity contribution in [1.29, 1.82) is 0 Å². The fourth-order valence-electron chi connectivity index (χ4n) is 2.18. The number of nitrogens with one attached hydrogen (secondary N) is 1. The van der Waals surface area contributed by atoms with E-state index in [2.05, 4.69) is 10.3 Å². The quantitative estimate of drug-likeness (QED) is 0.867. The molecule has 98 valence electrons.